The van der Waals surface area contributed by atoms with Gasteiger partial charge in [0.05, 0.1) is 13.2 Å². The first-order valence-electron chi connectivity index (χ1n) is 7.46. The third-order valence-electron chi connectivity index (χ3n) is 3.36. The number of nitrogens with two attached hydrogens (primary N) is 1. The third kappa shape index (κ3) is 5.45. The van der Waals surface area contributed by atoms with E-state index >= 15 is 0 Å². The Hall–Kier alpha value is -1.71. The lowest BCUT2D eigenvalue weighted by atomic mass is 10.3. The van der Waals surface area contributed by atoms with E-state index in [4.69, 9.17) is 15.2 Å². The summed E-state index contributed by atoms with van der Waals surface area (Å²) in [5, 5.41) is 5.80. The number of ether oxygens (including phenoxy) is 2. The lowest BCUT2D eigenvalue weighted by Crippen LogP contribution is -2.30. The smallest absolute Gasteiger partial charge is 0.242 e. The summed E-state index contributed by atoms with van der Waals surface area (Å²) in [7, 11) is 0. The fraction of sp³-hybridized carbons (Fsp3) is 0.467. The second-order valence-corrected chi connectivity index (χ2v) is 5.38. The van der Waals surface area contributed by atoms with Crippen LogP contribution in [0, 0.1) is 0 Å². The van der Waals surface area contributed by atoms with E-state index in [1.807, 2.05) is 18.2 Å². The molecule has 1 aromatic carbocycles. The van der Waals surface area contributed by atoms with E-state index in [2.05, 4.69) is 15.6 Å². The quantitative estimate of drug-likeness (QED) is 0.381. The molecule has 1 heterocycles. The van der Waals surface area contributed by atoms with E-state index in [9.17, 15) is 4.79 Å². The van der Waals surface area contributed by atoms with E-state index in [1.165, 1.54) is 0 Å². The number of hydrogen-bond acceptors (Lipinski definition) is 4. The topological polar surface area (TPSA) is 98.0 Å². The number of guanidine groups is 1. The van der Waals surface area contributed by atoms with Gasteiger partial charge in [-0.05, 0) is 25.0 Å². The second kappa shape index (κ2) is 8.23. The zero-order chi connectivity index (χ0) is 15.4. The molecule has 1 aromatic rings. The van der Waals surface area contributed by atoms with Crippen LogP contribution >= 0.6 is 24.0 Å². The maximum absolute atomic E-state index is 11.5. The molecule has 0 aromatic heterocycles. The Morgan fingerprint density at radius 1 is 1.26 bits per heavy atom. The van der Waals surface area contributed by atoms with Crippen molar-refractivity contribution in [2.75, 3.05) is 25.1 Å². The van der Waals surface area contributed by atoms with Crippen LogP contribution in [-0.2, 0) is 4.79 Å². The van der Waals surface area contributed by atoms with Crippen molar-refractivity contribution in [3.63, 3.8) is 0 Å². The van der Waals surface area contributed by atoms with Crippen LogP contribution in [0.4, 0.5) is 5.69 Å². The molecule has 0 bridgehead atoms. The molecule has 0 saturated heterocycles. The second-order valence-electron chi connectivity index (χ2n) is 5.38. The summed E-state index contributed by atoms with van der Waals surface area (Å²) >= 11 is 0. The van der Waals surface area contributed by atoms with Crippen LogP contribution in [0.3, 0.4) is 0 Å². The van der Waals surface area contributed by atoms with Crippen LogP contribution in [0.15, 0.2) is 23.2 Å². The Labute approximate surface area is 152 Å². The summed E-state index contributed by atoms with van der Waals surface area (Å²) in [5.74, 6) is 1.50. The van der Waals surface area contributed by atoms with Gasteiger partial charge in [0.15, 0.2) is 17.5 Å². The van der Waals surface area contributed by atoms with Gasteiger partial charge in [-0.3, -0.25) is 4.79 Å². The number of fused-ring (bicyclic) bond motifs is 1. The Kier molecular flexibility index (Phi) is 6.31. The van der Waals surface area contributed by atoms with Crippen LogP contribution in [0.2, 0.25) is 0 Å². The Balaban J connectivity index is 0.00000192. The molecule has 2 aliphatic rings. The van der Waals surface area contributed by atoms with Gasteiger partial charge >= 0.3 is 0 Å². The number of benzene rings is 1. The average molecular weight is 432 g/mol. The zero-order valence-electron chi connectivity index (χ0n) is 12.7. The fourth-order valence-corrected chi connectivity index (χ4v) is 2.09. The number of halogens is 1. The number of anilines is 1. The van der Waals surface area contributed by atoms with Crippen LogP contribution in [0.1, 0.15) is 19.3 Å². The van der Waals surface area contributed by atoms with Gasteiger partial charge in [0.1, 0.15) is 6.54 Å². The first-order chi connectivity index (χ1) is 10.7. The molecular formula is C15H21IN4O3. The highest BCUT2D eigenvalue weighted by molar-refractivity contribution is 14.0. The summed E-state index contributed by atoms with van der Waals surface area (Å²) in [6.07, 6.45) is 2.97. The largest absolute Gasteiger partial charge is 0.490 e. The summed E-state index contributed by atoms with van der Waals surface area (Å²) < 4.78 is 11.2. The van der Waals surface area contributed by atoms with Gasteiger partial charge in [0.25, 0.3) is 0 Å². The molecule has 1 amide bonds. The molecule has 1 aliphatic heterocycles. The first-order valence-corrected chi connectivity index (χ1v) is 7.46. The van der Waals surface area contributed by atoms with Crippen LogP contribution < -0.4 is 25.8 Å². The highest BCUT2D eigenvalue weighted by Gasteiger charge is 2.22. The number of amides is 1. The van der Waals surface area contributed by atoms with Gasteiger partial charge in [0, 0.05) is 24.2 Å². The van der Waals surface area contributed by atoms with Gasteiger partial charge in [-0.25, -0.2) is 4.99 Å². The van der Waals surface area contributed by atoms with E-state index in [-0.39, 0.29) is 42.4 Å². The average Bonchev–Trinajstić information content (AvgIpc) is 3.31. The van der Waals surface area contributed by atoms with Gasteiger partial charge in [-0.1, -0.05) is 0 Å². The minimum atomic E-state index is -0.106. The van der Waals surface area contributed by atoms with Gasteiger partial charge in [-0.2, -0.15) is 0 Å². The van der Waals surface area contributed by atoms with Crippen molar-refractivity contribution in [3.05, 3.63) is 18.2 Å². The molecule has 1 fully saturated rings. The standard InChI is InChI=1S/C15H20N4O3.HI/c16-15(17-9-14(20)18-10-2-3-10)19-11-4-5-12-13(8-11)22-7-1-6-21-12;/h4-5,8,10H,1-3,6-7,9H2,(H,18,20)(H3,16,17,19);1H. The van der Waals surface area contributed by atoms with E-state index in [0.717, 1.165) is 30.7 Å². The van der Waals surface area contributed by atoms with Crippen LogP contribution in [0.25, 0.3) is 0 Å². The minimum absolute atomic E-state index is 0. The summed E-state index contributed by atoms with van der Waals surface area (Å²) in [4.78, 5) is 15.6. The van der Waals surface area contributed by atoms with Gasteiger partial charge < -0.3 is 25.8 Å². The van der Waals surface area contributed by atoms with Crippen LogP contribution in [0.5, 0.6) is 11.5 Å². The Morgan fingerprint density at radius 2 is 2.00 bits per heavy atom. The number of hydrogen-bond donors (Lipinski definition) is 3. The van der Waals surface area contributed by atoms with Crippen molar-refractivity contribution < 1.29 is 14.3 Å². The molecule has 126 valence electrons. The van der Waals surface area contributed by atoms with Crippen molar-refractivity contribution in [2.45, 2.75) is 25.3 Å². The molecule has 3 rings (SSSR count). The van der Waals surface area contributed by atoms with Gasteiger partial charge in [-0.15, -0.1) is 24.0 Å². The summed E-state index contributed by atoms with van der Waals surface area (Å²) in [6.45, 7) is 1.31. The number of aliphatic imine (C=N–C) groups is 1. The predicted octanol–water partition coefficient (Wildman–Crippen LogP) is 1.47. The van der Waals surface area contributed by atoms with Crippen molar-refractivity contribution in [2.24, 2.45) is 10.7 Å². The summed E-state index contributed by atoms with van der Waals surface area (Å²) in [6, 6.07) is 5.81. The monoisotopic (exact) mass is 432 g/mol. The number of nitrogens with one attached hydrogen (secondary N) is 2. The third-order valence-corrected chi connectivity index (χ3v) is 3.36. The molecule has 1 aliphatic carbocycles. The molecule has 8 heteroatoms. The maximum Gasteiger partial charge on any atom is 0.242 e. The van der Waals surface area contributed by atoms with E-state index in [1.54, 1.807) is 0 Å². The van der Waals surface area contributed by atoms with Crippen molar-refractivity contribution in [3.8, 4) is 11.5 Å². The lowest BCUT2D eigenvalue weighted by Gasteiger charge is -2.10. The van der Waals surface area contributed by atoms with Gasteiger partial charge in [0.2, 0.25) is 5.91 Å². The highest BCUT2D eigenvalue weighted by Crippen LogP contribution is 2.32. The zero-order valence-corrected chi connectivity index (χ0v) is 15.0. The normalized spacial score (nSPS) is 16.8. The number of rotatable bonds is 4. The molecule has 7 nitrogen and oxygen atoms in total. The van der Waals surface area contributed by atoms with Crippen LogP contribution in [-0.4, -0.2) is 37.7 Å². The first kappa shape index (κ1) is 17.6. The highest BCUT2D eigenvalue weighted by atomic mass is 127. The molecule has 23 heavy (non-hydrogen) atoms. The molecule has 4 N–H and O–H groups in total. The molecule has 0 unspecified atom stereocenters. The minimum Gasteiger partial charge on any atom is -0.490 e. The maximum atomic E-state index is 11.5. The fourth-order valence-electron chi connectivity index (χ4n) is 2.09. The SMILES string of the molecule is I.NC(=NCC(=O)NC1CC1)Nc1ccc2c(c1)OCCCO2. The predicted molar refractivity (Wildman–Crippen MR) is 98.7 cm³/mol. The summed E-state index contributed by atoms with van der Waals surface area (Å²) in [5.41, 5.74) is 6.54. The number of carbonyl (C=O) groups is 1. The van der Waals surface area contributed by atoms with E-state index < -0.39 is 0 Å². The molecule has 0 spiro atoms. The molecule has 0 atom stereocenters. The molecular weight excluding hydrogens is 411 g/mol. The lowest BCUT2D eigenvalue weighted by molar-refractivity contribution is -0.119. The van der Waals surface area contributed by atoms with Crippen molar-refractivity contribution in [1.29, 1.82) is 0 Å². The van der Waals surface area contributed by atoms with Crippen molar-refractivity contribution in [1.82, 2.24) is 5.32 Å². The number of carbonyl (C=O) groups excluding carboxylic acids is 1. The molecule has 1 saturated carbocycles. The Morgan fingerprint density at radius 3 is 2.74 bits per heavy atom. The Bertz CT molecular complexity index is 590. The molecule has 0 radical (unpaired) electrons. The number of nitrogens with zero attached hydrogens (tertiary/aromatic N) is 1. The van der Waals surface area contributed by atoms with Crippen molar-refractivity contribution >= 4 is 41.5 Å². The van der Waals surface area contributed by atoms with E-state index in [0.29, 0.717) is 25.0 Å².